The number of allylic oxidation sites excluding steroid dienone is 1. The zero-order valence-electron chi connectivity index (χ0n) is 19.6. The smallest absolute Gasteiger partial charge is 0.310 e. The SMILES string of the molecule is CC12CCC3C(=O)OC(c4ccoc4)CC3(C)C1C(=O)C=CC2OC1OC(CO)C(O)C(O)C1O. The number of esters is 1. The summed E-state index contributed by atoms with van der Waals surface area (Å²) >= 11 is 0. The molecule has 3 fully saturated rings. The van der Waals surface area contributed by atoms with Crippen molar-refractivity contribution in [2.24, 2.45) is 22.7 Å². The second kappa shape index (κ2) is 8.79. The predicted octanol–water partition coefficient (Wildman–Crippen LogP) is 0.630. The molecule has 192 valence electrons. The number of aliphatic hydroxyl groups excluding tert-OH is 4. The van der Waals surface area contributed by atoms with Gasteiger partial charge in [-0.25, -0.2) is 0 Å². The number of rotatable bonds is 4. The van der Waals surface area contributed by atoms with Gasteiger partial charge in [0.25, 0.3) is 0 Å². The lowest BCUT2D eigenvalue weighted by molar-refractivity contribution is -0.319. The van der Waals surface area contributed by atoms with Gasteiger partial charge in [0.2, 0.25) is 0 Å². The minimum atomic E-state index is -1.57. The average molecular weight is 493 g/mol. The van der Waals surface area contributed by atoms with E-state index < -0.39 is 72.2 Å². The Bertz CT molecular complexity index is 988. The van der Waals surface area contributed by atoms with Gasteiger partial charge in [0, 0.05) is 16.9 Å². The molecule has 35 heavy (non-hydrogen) atoms. The third-order valence-corrected chi connectivity index (χ3v) is 8.67. The van der Waals surface area contributed by atoms with Crippen LogP contribution in [-0.2, 0) is 23.8 Å². The molecule has 5 rings (SSSR count). The van der Waals surface area contributed by atoms with Crippen LogP contribution in [0.4, 0.5) is 0 Å². The highest BCUT2D eigenvalue weighted by atomic mass is 16.7. The summed E-state index contributed by atoms with van der Waals surface area (Å²) in [6, 6.07) is 1.75. The van der Waals surface area contributed by atoms with Gasteiger partial charge < -0.3 is 39.1 Å². The zero-order chi connectivity index (χ0) is 25.1. The minimum Gasteiger partial charge on any atom is -0.472 e. The maximum atomic E-state index is 13.4. The Morgan fingerprint density at radius 1 is 1.11 bits per heavy atom. The van der Waals surface area contributed by atoms with Crippen molar-refractivity contribution in [1.82, 2.24) is 0 Å². The summed E-state index contributed by atoms with van der Waals surface area (Å²) in [4.78, 5) is 26.5. The Hall–Kier alpha value is -2.08. The second-order valence-corrected chi connectivity index (χ2v) is 10.7. The van der Waals surface area contributed by atoms with Crippen molar-refractivity contribution in [1.29, 1.82) is 0 Å². The van der Waals surface area contributed by atoms with Gasteiger partial charge in [-0.1, -0.05) is 19.9 Å². The number of hydrogen-bond acceptors (Lipinski definition) is 10. The number of carbonyl (C=O) groups excluding carboxylic acids is 2. The molecule has 1 aromatic heterocycles. The summed E-state index contributed by atoms with van der Waals surface area (Å²) in [5.74, 6) is -1.46. The van der Waals surface area contributed by atoms with Crippen LogP contribution in [0.1, 0.15) is 44.8 Å². The van der Waals surface area contributed by atoms with E-state index in [9.17, 15) is 30.0 Å². The van der Waals surface area contributed by atoms with Crippen LogP contribution in [0.15, 0.2) is 35.2 Å². The first kappa shape index (κ1) is 24.6. The van der Waals surface area contributed by atoms with E-state index in [0.29, 0.717) is 19.3 Å². The van der Waals surface area contributed by atoms with Crippen LogP contribution < -0.4 is 0 Å². The van der Waals surface area contributed by atoms with Gasteiger partial charge in [-0.2, -0.15) is 0 Å². The van der Waals surface area contributed by atoms with Crippen molar-refractivity contribution >= 4 is 11.8 Å². The molecule has 0 amide bonds. The maximum absolute atomic E-state index is 13.4. The number of carbonyl (C=O) groups is 2. The molecule has 10 heteroatoms. The Balaban J connectivity index is 1.45. The minimum absolute atomic E-state index is 0.103. The molecule has 2 aliphatic heterocycles. The number of ketones is 1. The molecule has 2 aliphatic carbocycles. The molecule has 2 saturated heterocycles. The van der Waals surface area contributed by atoms with Gasteiger partial charge in [-0.05, 0) is 36.8 Å². The molecular weight excluding hydrogens is 460 g/mol. The van der Waals surface area contributed by atoms with Gasteiger partial charge in [0.1, 0.15) is 30.5 Å². The number of fused-ring (bicyclic) bond motifs is 3. The first-order chi connectivity index (χ1) is 16.6. The highest BCUT2D eigenvalue weighted by molar-refractivity contribution is 5.95. The topological polar surface area (TPSA) is 156 Å². The predicted molar refractivity (Wildman–Crippen MR) is 117 cm³/mol. The van der Waals surface area contributed by atoms with Gasteiger partial charge >= 0.3 is 5.97 Å². The summed E-state index contributed by atoms with van der Waals surface area (Å²) in [6.07, 6.45) is -0.720. The lowest BCUT2D eigenvalue weighted by Crippen LogP contribution is -2.64. The molecule has 0 bridgehead atoms. The number of hydrogen-bond donors (Lipinski definition) is 4. The van der Waals surface area contributed by atoms with Crippen molar-refractivity contribution < 1.29 is 48.6 Å². The number of aliphatic hydroxyl groups is 4. The van der Waals surface area contributed by atoms with Crippen molar-refractivity contribution in [2.75, 3.05) is 6.61 Å². The molecule has 4 N–H and O–H groups in total. The fraction of sp³-hybridized carbons (Fsp3) is 0.680. The van der Waals surface area contributed by atoms with Crippen LogP contribution in [0.5, 0.6) is 0 Å². The molecule has 1 saturated carbocycles. The molecule has 4 aliphatic rings. The van der Waals surface area contributed by atoms with Gasteiger partial charge in [0.05, 0.1) is 31.2 Å². The summed E-state index contributed by atoms with van der Waals surface area (Å²) in [6.45, 7) is 3.32. The van der Waals surface area contributed by atoms with E-state index in [2.05, 4.69) is 0 Å². The fourth-order valence-corrected chi connectivity index (χ4v) is 6.82. The third kappa shape index (κ3) is 3.78. The lowest BCUT2D eigenvalue weighted by atomic mass is 9.46. The molecule has 11 unspecified atom stereocenters. The summed E-state index contributed by atoms with van der Waals surface area (Å²) < 4.78 is 22.6. The van der Waals surface area contributed by atoms with Crippen LogP contribution in [0.3, 0.4) is 0 Å². The molecule has 10 nitrogen and oxygen atoms in total. The lowest BCUT2D eigenvalue weighted by Gasteiger charge is -2.59. The van der Waals surface area contributed by atoms with E-state index in [-0.39, 0.29) is 11.8 Å². The highest BCUT2D eigenvalue weighted by Gasteiger charge is 2.64. The van der Waals surface area contributed by atoms with Gasteiger partial charge in [-0.3, -0.25) is 9.59 Å². The van der Waals surface area contributed by atoms with Crippen molar-refractivity contribution in [3.63, 3.8) is 0 Å². The normalized spacial score (nSPS) is 47.7. The first-order valence-corrected chi connectivity index (χ1v) is 12.0. The van der Waals surface area contributed by atoms with Crippen LogP contribution in [0, 0.1) is 22.7 Å². The van der Waals surface area contributed by atoms with Crippen molar-refractivity contribution in [3.05, 3.63) is 36.3 Å². The Kier molecular flexibility index (Phi) is 6.18. The van der Waals surface area contributed by atoms with Crippen molar-refractivity contribution in [2.45, 2.75) is 76.0 Å². The van der Waals surface area contributed by atoms with Crippen LogP contribution in [0.25, 0.3) is 0 Å². The van der Waals surface area contributed by atoms with E-state index in [4.69, 9.17) is 18.6 Å². The molecule has 1 aromatic rings. The fourth-order valence-electron chi connectivity index (χ4n) is 6.82. The zero-order valence-corrected chi connectivity index (χ0v) is 19.6. The van der Waals surface area contributed by atoms with E-state index >= 15 is 0 Å². The van der Waals surface area contributed by atoms with Gasteiger partial charge in [0.15, 0.2) is 12.1 Å². The number of furan rings is 1. The van der Waals surface area contributed by atoms with Gasteiger partial charge in [-0.15, -0.1) is 0 Å². The maximum Gasteiger partial charge on any atom is 0.310 e. The highest BCUT2D eigenvalue weighted by Crippen LogP contribution is 2.63. The Labute approximate surface area is 202 Å². The summed E-state index contributed by atoms with van der Waals surface area (Å²) in [5.41, 5.74) is -0.726. The standard InChI is InChI=1S/C25H32O10/c1-24-7-5-13-22(31)33-15(12-6-8-32-11-12)9-25(13,2)21(24)14(27)3-4-17(24)35-23-20(30)19(29)18(28)16(10-26)34-23/h3-4,6,8,11,13,15-21,23,26,28-30H,5,7,9-10H2,1-2H3. The quantitative estimate of drug-likeness (QED) is 0.440. The molecule has 11 atom stereocenters. The number of ether oxygens (including phenoxy) is 3. The second-order valence-electron chi connectivity index (χ2n) is 10.7. The van der Waals surface area contributed by atoms with Crippen LogP contribution in [-0.4, -0.2) is 75.6 Å². The molecule has 0 radical (unpaired) electrons. The summed E-state index contributed by atoms with van der Waals surface area (Å²) in [7, 11) is 0. The van der Waals surface area contributed by atoms with E-state index in [1.807, 2.05) is 13.8 Å². The monoisotopic (exact) mass is 492 g/mol. The Morgan fingerprint density at radius 3 is 2.57 bits per heavy atom. The third-order valence-electron chi connectivity index (χ3n) is 8.67. The molecule has 0 spiro atoms. The molecule has 3 heterocycles. The van der Waals surface area contributed by atoms with E-state index in [1.54, 1.807) is 12.1 Å². The van der Waals surface area contributed by atoms with E-state index in [0.717, 1.165) is 5.56 Å². The molecular formula is C25H32O10. The first-order valence-electron chi connectivity index (χ1n) is 12.0. The largest absolute Gasteiger partial charge is 0.472 e. The average Bonchev–Trinajstić information content (AvgIpc) is 3.35. The van der Waals surface area contributed by atoms with Crippen LogP contribution in [0.2, 0.25) is 0 Å². The van der Waals surface area contributed by atoms with Crippen LogP contribution >= 0.6 is 0 Å². The summed E-state index contributed by atoms with van der Waals surface area (Å²) in [5, 5.41) is 40.3. The molecule has 0 aromatic carbocycles. The Morgan fingerprint density at radius 2 is 1.89 bits per heavy atom. The number of cyclic esters (lactones) is 1. The van der Waals surface area contributed by atoms with E-state index in [1.165, 1.54) is 18.6 Å². The van der Waals surface area contributed by atoms with Crippen molar-refractivity contribution in [3.8, 4) is 0 Å².